The van der Waals surface area contributed by atoms with Crippen LogP contribution < -0.4 is 5.32 Å². The fourth-order valence-corrected chi connectivity index (χ4v) is 10.6. The number of furan rings is 1. The third-order valence-corrected chi connectivity index (χ3v) is 13.5. The smallest absolute Gasteiger partial charge is 0.160 e. The first kappa shape index (κ1) is 32.4. The van der Waals surface area contributed by atoms with Crippen molar-refractivity contribution in [2.45, 2.75) is 6.17 Å². The van der Waals surface area contributed by atoms with Gasteiger partial charge in [-0.25, -0.2) is 9.98 Å². The quantitative estimate of drug-likeness (QED) is 0.190. The number of benzene rings is 8. The maximum Gasteiger partial charge on any atom is 0.160 e. The van der Waals surface area contributed by atoms with Crippen molar-refractivity contribution in [3.8, 4) is 22.3 Å². The van der Waals surface area contributed by atoms with E-state index in [1.165, 1.54) is 45.9 Å². The number of para-hydroxylation sites is 1. The fraction of sp³-hybridized carbons (Fsp3) is 0.0196. The van der Waals surface area contributed by atoms with Crippen LogP contribution in [0.2, 0.25) is 0 Å². The lowest BCUT2D eigenvalue weighted by Crippen LogP contribution is -2.33. The Morgan fingerprint density at radius 3 is 1.82 bits per heavy atom. The molecule has 3 aromatic heterocycles. The number of hydrogen-bond donors (Lipinski definition) is 1. The van der Waals surface area contributed by atoms with Crippen molar-refractivity contribution in [3.05, 3.63) is 193 Å². The van der Waals surface area contributed by atoms with E-state index >= 15 is 0 Å². The topological polar surface area (TPSA) is 49.9 Å². The van der Waals surface area contributed by atoms with Crippen molar-refractivity contribution in [1.82, 2.24) is 5.32 Å². The molecule has 0 spiro atoms. The predicted octanol–water partition coefficient (Wildman–Crippen LogP) is 14.2. The van der Waals surface area contributed by atoms with E-state index in [0.29, 0.717) is 5.84 Å². The molecular formula is C51H31N3OS2. The fourth-order valence-electron chi connectivity index (χ4n) is 8.43. The molecule has 4 heterocycles. The van der Waals surface area contributed by atoms with Gasteiger partial charge in [0.05, 0.1) is 0 Å². The summed E-state index contributed by atoms with van der Waals surface area (Å²) in [6.07, 6.45) is -0.395. The van der Waals surface area contributed by atoms with Gasteiger partial charge in [0, 0.05) is 62.2 Å². The van der Waals surface area contributed by atoms with Gasteiger partial charge in [-0.15, -0.1) is 22.7 Å². The second kappa shape index (κ2) is 12.8. The van der Waals surface area contributed by atoms with Crippen molar-refractivity contribution >= 4 is 96.6 Å². The van der Waals surface area contributed by atoms with Gasteiger partial charge < -0.3 is 9.73 Å². The molecule has 1 aliphatic heterocycles. The maximum absolute atomic E-state index is 6.53. The molecule has 0 saturated carbocycles. The lowest BCUT2D eigenvalue weighted by Gasteiger charge is -2.25. The average molecular weight is 766 g/mol. The number of nitrogens with zero attached hydrogens (tertiary/aromatic N) is 2. The van der Waals surface area contributed by atoms with E-state index in [1.54, 1.807) is 0 Å². The van der Waals surface area contributed by atoms with Crippen LogP contribution in [-0.2, 0) is 0 Å². The zero-order valence-electron chi connectivity index (χ0n) is 30.4. The van der Waals surface area contributed by atoms with Crippen LogP contribution in [0.1, 0.15) is 22.9 Å². The summed E-state index contributed by atoms with van der Waals surface area (Å²) >= 11 is 3.66. The van der Waals surface area contributed by atoms with Crippen LogP contribution in [0.15, 0.2) is 190 Å². The number of aliphatic imine (C=N–C) groups is 2. The van der Waals surface area contributed by atoms with Gasteiger partial charge in [-0.05, 0) is 82.4 Å². The molecule has 0 saturated heterocycles. The van der Waals surface area contributed by atoms with Crippen molar-refractivity contribution in [1.29, 1.82) is 0 Å². The molecule has 1 unspecified atom stereocenters. The number of rotatable bonds is 5. The molecule has 0 fully saturated rings. The van der Waals surface area contributed by atoms with Crippen LogP contribution in [0.25, 0.3) is 84.5 Å². The Kier molecular flexibility index (Phi) is 7.30. The van der Waals surface area contributed by atoms with Gasteiger partial charge in [0.25, 0.3) is 0 Å². The molecule has 8 aromatic carbocycles. The minimum absolute atomic E-state index is 0.395. The van der Waals surface area contributed by atoms with E-state index in [9.17, 15) is 0 Å². The van der Waals surface area contributed by atoms with E-state index < -0.39 is 6.17 Å². The monoisotopic (exact) mass is 765 g/mol. The molecule has 0 aliphatic carbocycles. The molecule has 1 atom stereocenters. The Labute approximate surface area is 335 Å². The van der Waals surface area contributed by atoms with Gasteiger partial charge in [0.2, 0.25) is 0 Å². The minimum Gasteiger partial charge on any atom is -0.456 e. The highest BCUT2D eigenvalue weighted by molar-refractivity contribution is 7.26. The Bertz CT molecular complexity index is 3440. The Morgan fingerprint density at radius 1 is 0.456 bits per heavy atom. The third-order valence-electron chi connectivity index (χ3n) is 11.2. The third kappa shape index (κ3) is 5.33. The molecule has 57 heavy (non-hydrogen) atoms. The molecule has 6 heteroatoms. The Morgan fingerprint density at radius 2 is 1.05 bits per heavy atom. The molecule has 1 aliphatic rings. The number of fused-ring (bicyclic) bond motifs is 9. The van der Waals surface area contributed by atoms with Crippen molar-refractivity contribution in [3.63, 3.8) is 0 Å². The summed E-state index contributed by atoms with van der Waals surface area (Å²) in [7, 11) is 0. The van der Waals surface area contributed by atoms with Crippen LogP contribution in [0.5, 0.6) is 0 Å². The van der Waals surface area contributed by atoms with Crippen LogP contribution in [0, 0.1) is 0 Å². The average Bonchev–Trinajstić information content (AvgIpc) is 3.97. The SMILES string of the molecule is c1ccc(-c2ccc(C3=NC(c4c(-c5ccc6sc7ccccc7c6c5)ccc5oc6ccccc6c45)=NC(c4ccc5sc6ccccc6c5c4)N3)cc2)cc1. The molecule has 0 radical (unpaired) electrons. The largest absolute Gasteiger partial charge is 0.456 e. The Hall–Kier alpha value is -6.86. The second-order valence-electron chi connectivity index (χ2n) is 14.5. The molecule has 1 N–H and O–H groups in total. The summed E-state index contributed by atoms with van der Waals surface area (Å²) in [6.45, 7) is 0. The second-order valence-corrected chi connectivity index (χ2v) is 16.7. The molecular weight excluding hydrogens is 735 g/mol. The summed E-state index contributed by atoms with van der Waals surface area (Å²) in [5.41, 5.74) is 9.19. The highest BCUT2D eigenvalue weighted by atomic mass is 32.1. The molecule has 12 rings (SSSR count). The minimum atomic E-state index is -0.395. The van der Waals surface area contributed by atoms with Gasteiger partial charge in [0.1, 0.15) is 23.2 Å². The van der Waals surface area contributed by atoms with Gasteiger partial charge in [0.15, 0.2) is 5.84 Å². The van der Waals surface area contributed by atoms with E-state index in [1.807, 2.05) is 34.8 Å². The van der Waals surface area contributed by atoms with Gasteiger partial charge in [-0.1, -0.05) is 121 Å². The van der Waals surface area contributed by atoms with Gasteiger partial charge in [-0.2, -0.15) is 0 Å². The van der Waals surface area contributed by atoms with E-state index in [0.717, 1.165) is 61.2 Å². The van der Waals surface area contributed by atoms with E-state index in [4.69, 9.17) is 14.4 Å². The van der Waals surface area contributed by atoms with E-state index in [2.05, 4.69) is 169 Å². The Balaban J connectivity index is 1.10. The summed E-state index contributed by atoms with van der Waals surface area (Å²) in [6, 6.07) is 62.6. The lowest BCUT2D eigenvalue weighted by molar-refractivity contribution is 0.668. The van der Waals surface area contributed by atoms with Crippen molar-refractivity contribution in [2.75, 3.05) is 0 Å². The number of nitrogens with one attached hydrogen (secondary N) is 1. The highest BCUT2D eigenvalue weighted by Gasteiger charge is 2.27. The van der Waals surface area contributed by atoms with E-state index in [-0.39, 0.29) is 0 Å². The number of hydrogen-bond acceptors (Lipinski definition) is 6. The number of thiophene rings is 2. The summed E-state index contributed by atoms with van der Waals surface area (Å²) in [5, 5.41) is 10.8. The lowest BCUT2D eigenvalue weighted by atomic mass is 9.93. The summed E-state index contributed by atoms with van der Waals surface area (Å²) in [4.78, 5) is 11.0. The molecule has 11 aromatic rings. The first-order valence-electron chi connectivity index (χ1n) is 19.1. The zero-order chi connectivity index (χ0) is 37.5. The summed E-state index contributed by atoms with van der Waals surface area (Å²) < 4.78 is 11.6. The van der Waals surface area contributed by atoms with Crippen LogP contribution >= 0.6 is 22.7 Å². The van der Waals surface area contributed by atoms with Crippen LogP contribution in [0.4, 0.5) is 0 Å². The molecule has 0 bridgehead atoms. The normalized spacial score (nSPS) is 14.5. The maximum atomic E-state index is 6.53. The van der Waals surface area contributed by atoms with Crippen LogP contribution in [-0.4, -0.2) is 11.7 Å². The van der Waals surface area contributed by atoms with Crippen LogP contribution in [0.3, 0.4) is 0 Å². The van der Waals surface area contributed by atoms with Crippen molar-refractivity contribution < 1.29 is 4.42 Å². The number of amidine groups is 2. The molecule has 268 valence electrons. The molecule has 0 amide bonds. The summed E-state index contributed by atoms with van der Waals surface area (Å²) in [5.74, 6) is 1.44. The highest BCUT2D eigenvalue weighted by Crippen LogP contribution is 2.42. The first-order chi connectivity index (χ1) is 28.2. The van der Waals surface area contributed by atoms with Crippen molar-refractivity contribution in [2.24, 2.45) is 9.98 Å². The van der Waals surface area contributed by atoms with Gasteiger partial charge >= 0.3 is 0 Å². The van der Waals surface area contributed by atoms with Gasteiger partial charge in [-0.3, -0.25) is 0 Å². The predicted molar refractivity (Wildman–Crippen MR) is 242 cm³/mol. The standard InChI is InChI=1S/C51H31N3OS2/c1-2-10-30(11-3-1)31-18-20-32(21-19-31)49-52-50(34-23-27-46-40(29-34)37-13-6-9-17-44(37)57-46)54-51(53-49)48-35(24-25-42-47(48)38-14-4-7-15-41(38)55-42)33-22-26-45-39(28-33)36-12-5-8-16-43(36)56-45/h1-29,50H,(H,52,53,54). The molecule has 4 nitrogen and oxygen atoms in total. The first-order valence-corrected chi connectivity index (χ1v) is 20.7. The zero-order valence-corrected chi connectivity index (χ0v) is 32.1.